The number of nitrogens with one attached hydrogen (secondary N) is 1. The van der Waals surface area contributed by atoms with Crippen LogP contribution in [0.1, 0.15) is 19.4 Å². The molecule has 0 aromatic heterocycles. The third-order valence-electron chi connectivity index (χ3n) is 3.37. The molecule has 1 saturated heterocycles. The van der Waals surface area contributed by atoms with Crippen molar-refractivity contribution in [2.24, 2.45) is 0 Å². The van der Waals surface area contributed by atoms with Crippen molar-refractivity contribution in [3.05, 3.63) is 35.9 Å². The number of likely N-dealkylation sites (N-methyl/N-ethyl adjacent to an activating group) is 1. The lowest BCUT2D eigenvalue weighted by Crippen LogP contribution is -2.61. The van der Waals surface area contributed by atoms with Gasteiger partial charge < -0.3 is 10.1 Å². The van der Waals surface area contributed by atoms with E-state index in [1.165, 1.54) is 16.7 Å². The molecule has 1 N–H and O–H groups in total. The quantitative estimate of drug-likeness (QED) is 0.859. The molecule has 0 radical (unpaired) electrons. The zero-order valence-electron chi connectivity index (χ0n) is 12.7. The van der Waals surface area contributed by atoms with Crippen molar-refractivity contribution in [3.63, 3.8) is 0 Å². The van der Waals surface area contributed by atoms with Crippen molar-refractivity contribution in [1.82, 2.24) is 10.2 Å². The summed E-state index contributed by atoms with van der Waals surface area (Å²) >= 11 is 6.55. The molecule has 1 fully saturated rings. The van der Waals surface area contributed by atoms with Crippen LogP contribution in [0.5, 0.6) is 0 Å². The zero-order valence-corrected chi connectivity index (χ0v) is 14.3. The Morgan fingerprint density at radius 2 is 2.05 bits per heavy atom. The number of amides is 2. The molecule has 5 nitrogen and oxygen atoms in total. The fourth-order valence-electron chi connectivity index (χ4n) is 2.05. The Morgan fingerprint density at radius 1 is 1.41 bits per heavy atom. The monoisotopic (exact) mass is 338 g/mol. The van der Waals surface area contributed by atoms with Crippen LogP contribution < -0.4 is 5.32 Å². The van der Waals surface area contributed by atoms with Gasteiger partial charge in [-0.15, -0.1) is 0 Å². The SMILES string of the molecule is CN1C(=O)C(NC(=O)OCc2ccccc2)C(C)(C)SC1=S. The number of thioether (sulfide) groups is 1. The van der Waals surface area contributed by atoms with Gasteiger partial charge in [-0.05, 0) is 19.4 Å². The lowest BCUT2D eigenvalue weighted by atomic mass is 10.0. The van der Waals surface area contributed by atoms with Crippen LogP contribution in [0.4, 0.5) is 4.79 Å². The number of ether oxygens (including phenoxy) is 1. The van der Waals surface area contributed by atoms with Crippen molar-refractivity contribution in [2.45, 2.75) is 31.2 Å². The number of rotatable bonds is 3. The van der Waals surface area contributed by atoms with Gasteiger partial charge >= 0.3 is 6.09 Å². The van der Waals surface area contributed by atoms with Gasteiger partial charge in [-0.3, -0.25) is 9.69 Å². The fourth-order valence-corrected chi connectivity index (χ4v) is 3.74. The lowest BCUT2D eigenvalue weighted by Gasteiger charge is -2.40. The highest BCUT2D eigenvalue weighted by Crippen LogP contribution is 2.35. The van der Waals surface area contributed by atoms with Crippen molar-refractivity contribution in [1.29, 1.82) is 0 Å². The number of hydrogen-bond acceptors (Lipinski definition) is 5. The molecule has 7 heteroatoms. The summed E-state index contributed by atoms with van der Waals surface area (Å²) in [5.41, 5.74) is 0.888. The van der Waals surface area contributed by atoms with E-state index in [9.17, 15) is 9.59 Å². The third-order valence-corrected chi connectivity index (χ3v) is 5.11. The Hall–Kier alpha value is -1.60. The predicted octanol–water partition coefficient (Wildman–Crippen LogP) is 2.55. The molecular formula is C15H18N2O3S2. The van der Waals surface area contributed by atoms with Gasteiger partial charge in [-0.1, -0.05) is 54.3 Å². The maximum atomic E-state index is 12.3. The van der Waals surface area contributed by atoms with Crippen LogP contribution in [-0.2, 0) is 16.1 Å². The van der Waals surface area contributed by atoms with Crippen molar-refractivity contribution in [3.8, 4) is 0 Å². The van der Waals surface area contributed by atoms with E-state index in [4.69, 9.17) is 17.0 Å². The summed E-state index contributed by atoms with van der Waals surface area (Å²) in [7, 11) is 1.61. The Kier molecular flexibility index (Phi) is 5.08. The highest BCUT2D eigenvalue weighted by molar-refractivity contribution is 8.24. The Bertz CT molecular complexity index is 590. The van der Waals surface area contributed by atoms with Crippen LogP contribution in [0, 0.1) is 0 Å². The van der Waals surface area contributed by atoms with Gasteiger partial charge in [0.1, 0.15) is 17.0 Å². The average molecular weight is 338 g/mol. The number of nitrogens with zero attached hydrogens (tertiary/aromatic N) is 1. The lowest BCUT2D eigenvalue weighted by molar-refractivity contribution is -0.129. The van der Waals surface area contributed by atoms with Gasteiger partial charge in [0.25, 0.3) is 5.91 Å². The second-order valence-electron chi connectivity index (χ2n) is 5.51. The summed E-state index contributed by atoms with van der Waals surface area (Å²) in [6.07, 6.45) is -0.614. The summed E-state index contributed by atoms with van der Waals surface area (Å²) in [4.78, 5) is 25.7. The molecule has 2 rings (SSSR count). The molecule has 1 unspecified atom stereocenters. The molecule has 118 valence electrons. The zero-order chi connectivity index (χ0) is 16.3. The van der Waals surface area contributed by atoms with E-state index in [2.05, 4.69) is 5.32 Å². The first kappa shape index (κ1) is 16.8. The smallest absolute Gasteiger partial charge is 0.408 e. The van der Waals surface area contributed by atoms with Gasteiger partial charge in [0.2, 0.25) is 0 Å². The molecule has 1 heterocycles. The molecule has 1 aliphatic rings. The van der Waals surface area contributed by atoms with E-state index in [0.29, 0.717) is 4.32 Å². The van der Waals surface area contributed by atoms with Crippen LogP contribution in [0.3, 0.4) is 0 Å². The van der Waals surface area contributed by atoms with Crippen LogP contribution in [0.2, 0.25) is 0 Å². The topological polar surface area (TPSA) is 58.6 Å². The number of benzene rings is 1. The minimum atomic E-state index is -0.683. The van der Waals surface area contributed by atoms with Gasteiger partial charge in [-0.25, -0.2) is 4.79 Å². The third kappa shape index (κ3) is 3.78. The first-order valence-corrected chi connectivity index (χ1v) is 8.01. The fraction of sp³-hybridized carbons (Fsp3) is 0.400. The molecule has 1 aromatic rings. The van der Waals surface area contributed by atoms with Gasteiger partial charge in [-0.2, -0.15) is 0 Å². The summed E-state index contributed by atoms with van der Waals surface area (Å²) in [6.45, 7) is 3.91. The number of carbonyl (C=O) groups excluding carboxylic acids is 2. The normalized spacial score (nSPS) is 20.7. The van der Waals surface area contributed by atoms with Gasteiger partial charge in [0.15, 0.2) is 0 Å². The van der Waals surface area contributed by atoms with E-state index < -0.39 is 16.9 Å². The summed E-state index contributed by atoms with van der Waals surface area (Å²) in [5.74, 6) is -0.231. The highest BCUT2D eigenvalue weighted by atomic mass is 32.2. The largest absolute Gasteiger partial charge is 0.445 e. The molecule has 1 atom stereocenters. The van der Waals surface area contributed by atoms with Crippen LogP contribution >= 0.6 is 24.0 Å². The van der Waals surface area contributed by atoms with E-state index in [1.54, 1.807) is 7.05 Å². The Labute approximate surface area is 139 Å². The summed E-state index contributed by atoms with van der Waals surface area (Å²) in [5, 5.41) is 2.65. The van der Waals surface area contributed by atoms with Crippen LogP contribution in [0.15, 0.2) is 30.3 Å². The van der Waals surface area contributed by atoms with Crippen LogP contribution in [-0.4, -0.2) is 39.1 Å². The van der Waals surface area contributed by atoms with E-state index in [1.807, 2.05) is 44.2 Å². The minimum absolute atomic E-state index is 0.162. The number of carbonyl (C=O) groups is 2. The molecule has 1 aromatic carbocycles. The van der Waals surface area contributed by atoms with Crippen molar-refractivity contribution >= 4 is 40.3 Å². The summed E-state index contributed by atoms with van der Waals surface area (Å²) < 4.78 is 5.16. The molecule has 2 amide bonds. The van der Waals surface area contributed by atoms with Crippen molar-refractivity contribution < 1.29 is 14.3 Å². The second-order valence-corrected chi connectivity index (χ2v) is 7.80. The Balaban J connectivity index is 1.97. The van der Waals surface area contributed by atoms with E-state index in [0.717, 1.165) is 5.56 Å². The first-order chi connectivity index (χ1) is 10.3. The highest BCUT2D eigenvalue weighted by Gasteiger charge is 2.45. The molecule has 0 saturated carbocycles. The molecule has 0 bridgehead atoms. The maximum Gasteiger partial charge on any atom is 0.408 e. The number of alkyl carbamates (subject to hydrolysis) is 1. The maximum absolute atomic E-state index is 12.3. The minimum Gasteiger partial charge on any atom is -0.445 e. The van der Waals surface area contributed by atoms with E-state index in [-0.39, 0.29) is 12.5 Å². The number of thiocarbonyl (C=S) groups is 1. The van der Waals surface area contributed by atoms with Gasteiger partial charge in [0.05, 0.1) is 0 Å². The van der Waals surface area contributed by atoms with Crippen LogP contribution in [0.25, 0.3) is 0 Å². The first-order valence-electron chi connectivity index (χ1n) is 6.79. The van der Waals surface area contributed by atoms with Gasteiger partial charge in [0, 0.05) is 11.8 Å². The van der Waals surface area contributed by atoms with E-state index >= 15 is 0 Å². The van der Waals surface area contributed by atoms with Crippen molar-refractivity contribution in [2.75, 3.05) is 7.05 Å². The predicted molar refractivity (Wildman–Crippen MR) is 90.6 cm³/mol. The molecule has 0 aliphatic carbocycles. The number of hydrogen-bond donors (Lipinski definition) is 1. The Morgan fingerprint density at radius 3 is 2.68 bits per heavy atom. The standard InChI is InChI=1S/C15H18N2O3S2/c1-15(2)11(12(18)17(3)14(21)22-15)16-13(19)20-9-10-7-5-4-6-8-10/h4-8,11H,9H2,1-3H3,(H,16,19). The molecule has 0 spiro atoms. The summed E-state index contributed by atoms with van der Waals surface area (Å²) in [6, 6.07) is 8.68. The molecule has 1 aliphatic heterocycles. The average Bonchev–Trinajstić information content (AvgIpc) is 2.48. The molecular weight excluding hydrogens is 320 g/mol. The molecule has 22 heavy (non-hydrogen) atoms. The second kappa shape index (κ2) is 6.66.